The minimum absolute atomic E-state index is 0.229. The van der Waals surface area contributed by atoms with Gasteiger partial charge in [-0.3, -0.25) is 4.90 Å². The van der Waals surface area contributed by atoms with Crippen molar-refractivity contribution in [1.29, 1.82) is 0 Å². The molecule has 1 aliphatic rings. The van der Waals surface area contributed by atoms with Gasteiger partial charge in [-0.2, -0.15) is 0 Å². The van der Waals surface area contributed by atoms with Crippen LogP contribution in [0.15, 0.2) is 24.3 Å². The number of ether oxygens (including phenoxy) is 1. The van der Waals surface area contributed by atoms with Gasteiger partial charge in [0.05, 0.1) is 18.8 Å². The van der Waals surface area contributed by atoms with Gasteiger partial charge in [-0.05, 0) is 38.4 Å². The van der Waals surface area contributed by atoms with E-state index in [1.807, 2.05) is 0 Å². The molecule has 1 fully saturated rings. The molecule has 0 amide bonds. The van der Waals surface area contributed by atoms with Crippen LogP contribution < -0.4 is 5.32 Å². The van der Waals surface area contributed by atoms with E-state index in [1.54, 1.807) is 0 Å². The van der Waals surface area contributed by atoms with Crippen LogP contribution in [0.1, 0.15) is 37.9 Å². The molecular formula is C17H28N2O. The van der Waals surface area contributed by atoms with Gasteiger partial charge in [0.1, 0.15) is 0 Å². The standard InChI is InChI=1S/C17H28N2O/c1-5-18-17(15-9-7-6-8-14(15)4)16-12-19(13(2)3)10-11-20-16/h6-9,13,16-18H,5,10-12H2,1-4H3. The van der Waals surface area contributed by atoms with E-state index in [1.165, 1.54) is 11.1 Å². The molecule has 3 nitrogen and oxygen atoms in total. The number of nitrogens with zero attached hydrogens (tertiary/aromatic N) is 1. The van der Waals surface area contributed by atoms with Gasteiger partial charge >= 0.3 is 0 Å². The van der Waals surface area contributed by atoms with Gasteiger partial charge in [-0.1, -0.05) is 31.2 Å². The Morgan fingerprint density at radius 1 is 1.35 bits per heavy atom. The molecule has 2 rings (SSSR count). The summed E-state index contributed by atoms with van der Waals surface area (Å²) in [6, 6.07) is 9.49. The minimum atomic E-state index is 0.229. The van der Waals surface area contributed by atoms with Crippen molar-refractivity contribution in [1.82, 2.24) is 10.2 Å². The maximum absolute atomic E-state index is 6.08. The Labute approximate surface area is 123 Å². The molecule has 0 spiro atoms. The van der Waals surface area contributed by atoms with Crippen LogP contribution in [0, 0.1) is 6.92 Å². The van der Waals surface area contributed by atoms with E-state index in [2.05, 4.69) is 62.2 Å². The maximum atomic E-state index is 6.08. The van der Waals surface area contributed by atoms with Crippen LogP contribution in [0.5, 0.6) is 0 Å². The minimum Gasteiger partial charge on any atom is -0.374 e. The zero-order valence-corrected chi connectivity index (χ0v) is 13.2. The van der Waals surface area contributed by atoms with Gasteiger partial charge in [-0.15, -0.1) is 0 Å². The topological polar surface area (TPSA) is 24.5 Å². The second-order valence-electron chi connectivity index (χ2n) is 5.89. The van der Waals surface area contributed by atoms with Gasteiger partial charge in [0.15, 0.2) is 0 Å². The van der Waals surface area contributed by atoms with Gasteiger partial charge in [0, 0.05) is 19.1 Å². The van der Waals surface area contributed by atoms with E-state index in [-0.39, 0.29) is 12.1 Å². The summed E-state index contributed by atoms with van der Waals surface area (Å²) in [6.07, 6.45) is 0.229. The summed E-state index contributed by atoms with van der Waals surface area (Å²) in [4.78, 5) is 2.51. The fourth-order valence-electron chi connectivity index (χ4n) is 2.96. The average molecular weight is 276 g/mol. The molecule has 0 aromatic heterocycles. The van der Waals surface area contributed by atoms with Crippen molar-refractivity contribution < 1.29 is 4.74 Å². The molecule has 2 unspecified atom stereocenters. The van der Waals surface area contributed by atoms with E-state index >= 15 is 0 Å². The molecule has 1 aromatic rings. The molecule has 0 aliphatic carbocycles. The number of hydrogen-bond donors (Lipinski definition) is 1. The van der Waals surface area contributed by atoms with E-state index in [0.29, 0.717) is 6.04 Å². The van der Waals surface area contributed by atoms with Crippen LogP contribution in [0.4, 0.5) is 0 Å². The maximum Gasteiger partial charge on any atom is 0.0897 e. The molecule has 0 radical (unpaired) electrons. The summed E-state index contributed by atoms with van der Waals surface area (Å²) in [5.41, 5.74) is 2.70. The number of benzene rings is 1. The third-order valence-electron chi connectivity index (χ3n) is 4.17. The van der Waals surface area contributed by atoms with Crippen LogP contribution >= 0.6 is 0 Å². The highest BCUT2D eigenvalue weighted by molar-refractivity contribution is 5.29. The summed E-state index contributed by atoms with van der Waals surface area (Å²) in [5, 5.41) is 3.62. The van der Waals surface area contributed by atoms with Gasteiger partial charge < -0.3 is 10.1 Å². The Kier molecular flexibility index (Phi) is 5.58. The number of likely N-dealkylation sites (N-methyl/N-ethyl adjacent to an activating group) is 1. The van der Waals surface area contributed by atoms with Crippen molar-refractivity contribution in [3.63, 3.8) is 0 Å². The molecule has 0 saturated carbocycles. The smallest absolute Gasteiger partial charge is 0.0897 e. The predicted molar refractivity (Wildman–Crippen MR) is 84.0 cm³/mol. The van der Waals surface area contributed by atoms with Crippen molar-refractivity contribution in [2.45, 2.75) is 45.9 Å². The van der Waals surface area contributed by atoms with E-state index in [9.17, 15) is 0 Å². The van der Waals surface area contributed by atoms with E-state index in [0.717, 1.165) is 26.2 Å². The molecule has 0 bridgehead atoms. The Morgan fingerprint density at radius 2 is 2.10 bits per heavy atom. The Balaban J connectivity index is 2.18. The molecule has 2 atom stereocenters. The molecule has 3 heteroatoms. The highest BCUT2D eigenvalue weighted by atomic mass is 16.5. The van der Waals surface area contributed by atoms with Crippen LogP contribution in [-0.4, -0.2) is 43.3 Å². The van der Waals surface area contributed by atoms with Crippen molar-refractivity contribution in [3.8, 4) is 0 Å². The Hall–Kier alpha value is -0.900. The molecule has 1 aromatic carbocycles. The molecule has 1 N–H and O–H groups in total. The highest BCUT2D eigenvalue weighted by Crippen LogP contribution is 2.25. The first kappa shape index (κ1) is 15.5. The van der Waals surface area contributed by atoms with E-state index in [4.69, 9.17) is 4.74 Å². The first-order valence-corrected chi connectivity index (χ1v) is 7.78. The predicted octanol–water partition coefficient (Wildman–Crippen LogP) is 2.75. The largest absolute Gasteiger partial charge is 0.374 e. The van der Waals surface area contributed by atoms with Gasteiger partial charge in [0.2, 0.25) is 0 Å². The lowest BCUT2D eigenvalue weighted by Crippen LogP contribution is -2.50. The normalized spacial score (nSPS) is 22.1. The first-order chi connectivity index (χ1) is 9.63. The number of morpholine rings is 1. The molecule has 20 heavy (non-hydrogen) atoms. The lowest BCUT2D eigenvalue weighted by molar-refractivity contribution is -0.0559. The van der Waals surface area contributed by atoms with Crippen molar-refractivity contribution in [2.24, 2.45) is 0 Å². The quantitative estimate of drug-likeness (QED) is 0.895. The number of rotatable bonds is 5. The third kappa shape index (κ3) is 3.60. The zero-order valence-electron chi connectivity index (χ0n) is 13.2. The van der Waals surface area contributed by atoms with E-state index < -0.39 is 0 Å². The van der Waals surface area contributed by atoms with Crippen molar-refractivity contribution in [2.75, 3.05) is 26.2 Å². The van der Waals surface area contributed by atoms with Crippen LogP contribution in [-0.2, 0) is 4.74 Å². The fourth-order valence-corrected chi connectivity index (χ4v) is 2.96. The molecule has 1 saturated heterocycles. The summed E-state index contributed by atoms with van der Waals surface area (Å²) in [6.45, 7) is 12.7. The lowest BCUT2D eigenvalue weighted by atomic mass is 9.95. The van der Waals surface area contributed by atoms with Crippen molar-refractivity contribution >= 4 is 0 Å². The summed E-state index contributed by atoms with van der Waals surface area (Å²) in [7, 11) is 0. The lowest BCUT2D eigenvalue weighted by Gasteiger charge is -2.39. The van der Waals surface area contributed by atoms with Crippen LogP contribution in [0.3, 0.4) is 0 Å². The SMILES string of the molecule is CCNC(c1ccccc1C)C1CN(C(C)C)CCO1. The Bertz CT molecular complexity index is 419. The Morgan fingerprint density at radius 3 is 2.75 bits per heavy atom. The fraction of sp³-hybridized carbons (Fsp3) is 0.647. The average Bonchev–Trinajstić information content (AvgIpc) is 2.46. The summed E-state index contributed by atoms with van der Waals surface area (Å²) in [5.74, 6) is 0. The number of hydrogen-bond acceptors (Lipinski definition) is 3. The number of aryl methyl sites for hydroxylation is 1. The summed E-state index contributed by atoms with van der Waals surface area (Å²) < 4.78 is 6.08. The van der Waals surface area contributed by atoms with Crippen LogP contribution in [0.2, 0.25) is 0 Å². The second-order valence-corrected chi connectivity index (χ2v) is 5.89. The molecule has 1 heterocycles. The van der Waals surface area contributed by atoms with Crippen molar-refractivity contribution in [3.05, 3.63) is 35.4 Å². The van der Waals surface area contributed by atoms with Gasteiger partial charge in [0.25, 0.3) is 0 Å². The monoisotopic (exact) mass is 276 g/mol. The highest BCUT2D eigenvalue weighted by Gasteiger charge is 2.30. The first-order valence-electron chi connectivity index (χ1n) is 7.78. The second kappa shape index (κ2) is 7.21. The molecule has 1 aliphatic heterocycles. The molecule has 112 valence electrons. The zero-order chi connectivity index (χ0) is 14.5. The number of nitrogens with one attached hydrogen (secondary N) is 1. The summed E-state index contributed by atoms with van der Waals surface area (Å²) >= 11 is 0. The molecular weight excluding hydrogens is 248 g/mol. The van der Waals surface area contributed by atoms with Crippen LogP contribution in [0.25, 0.3) is 0 Å². The van der Waals surface area contributed by atoms with Gasteiger partial charge in [-0.25, -0.2) is 0 Å². The third-order valence-corrected chi connectivity index (χ3v) is 4.17.